The van der Waals surface area contributed by atoms with Gasteiger partial charge < -0.3 is 4.90 Å². The maximum absolute atomic E-state index is 16.9. The van der Waals surface area contributed by atoms with Crippen molar-refractivity contribution in [1.82, 2.24) is 9.80 Å². The Balaban J connectivity index is 0. The smallest absolute Gasteiger partial charge is 0.266 e. The van der Waals surface area contributed by atoms with E-state index in [9.17, 15) is 18.0 Å². The van der Waals surface area contributed by atoms with E-state index in [2.05, 4.69) is 0 Å². The van der Waals surface area contributed by atoms with Crippen LogP contribution in [0.3, 0.4) is 0 Å². The Kier molecular flexibility index (Phi) is 11.8. The molecule has 38 heavy (non-hydrogen) atoms. The van der Waals surface area contributed by atoms with Gasteiger partial charge in [0.15, 0.2) is 22.1 Å². The van der Waals surface area contributed by atoms with Crippen molar-refractivity contribution in [3.63, 3.8) is 0 Å². The van der Waals surface area contributed by atoms with Crippen molar-refractivity contribution in [3.8, 4) is 0 Å². The summed E-state index contributed by atoms with van der Waals surface area (Å²) >= 11 is 0. The summed E-state index contributed by atoms with van der Waals surface area (Å²) in [7, 11) is -0.307. The minimum atomic E-state index is -4.21. The molecular weight excluding hydrogens is 546 g/mol. The number of fused-ring (bicyclic) bond motifs is 5. The molecule has 11 heteroatoms. The molecule has 0 unspecified atom stereocenters. The summed E-state index contributed by atoms with van der Waals surface area (Å²) in [6.45, 7) is 0. The van der Waals surface area contributed by atoms with E-state index in [1.807, 2.05) is 0 Å². The minimum absolute atomic E-state index is 0. The highest BCUT2D eigenvalue weighted by atomic mass is 33.1. The molecule has 5 heterocycles. The van der Waals surface area contributed by atoms with E-state index in [1.165, 1.54) is 39.8 Å². The van der Waals surface area contributed by atoms with Crippen LogP contribution >= 0.6 is 21.6 Å². The number of rotatable bonds is 2. The van der Waals surface area contributed by atoms with Crippen LogP contribution in [-0.4, -0.2) is 53.5 Å². The lowest BCUT2D eigenvalue weighted by Crippen LogP contribution is -2.72. The van der Waals surface area contributed by atoms with E-state index < -0.39 is 38.0 Å². The van der Waals surface area contributed by atoms with Gasteiger partial charge in [-0.3, -0.25) is 14.5 Å². The number of hydrogen-bond donors (Lipinski definition) is 0. The van der Waals surface area contributed by atoms with Gasteiger partial charge in [-0.2, -0.15) is 0 Å². The van der Waals surface area contributed by atoms with Crippen LogP contribution in [0.5, 0.6) is 0 Å². The molecule has 1 spiro atoms. The lowest BCUT2D eigenvalue weighted by molar-refractivity contribution is -0.158. The van der Waals surface area contributed by atoms with Crippen molar-refractivity contribution in [1.29, 1.82) is 0 Å². The second kappa shape index (κ2) is 11.9. The van der Waals surface area contributed by atoms with E-state index >= 15 is 4.39 Å². The molecule has 0 saturated carbocycles. The average Bonchev–Trinajstić information content (AvgIpc) is 3.18. The molecule has 7 rings (SSSR count). The lowest BCUT2D eigenvalue weighted by atomic mass is 9.92. The first-order chi connectivity index (χ1) is 14.7. The van der Waals surface area contributed by atoms with Gasteiger partial charge in [-0.15, -0.1) is 0 Å². The molecule has 0 aliphatic carbocycles. The van der Waals surface area contributed by atoms with Gasteiger partial charge in [0.25, 0.3) is 21.8 Å². The third-order valence-electron chi connectivity index (χ3n) is 6.38. The zero-order valence-corrected chi connectivity index (χ0v) is 18.6. The normalized spacial score (nSPS) is 27.4. The first-order valence-corrected chi connectivity index (χ1v) is 13.2. The van der Waals surface area contributed by atoms with Crippen LogP contribution in [0, 0.1) is 0 Å². The zero-order chi connectivity index (χ0) is 21.8. The second-order valence-corrected chi connectivity index (χ2v) is 12.4. The second-order valence-electron chi connectivity index (χ2n) is 7.98. The molecule has 5 aliphatic rings. The topological polar surface area (TPSA) is 78.0 Å². The molecule has 5 aliphatic heterocycles. The average molecular weight is 590 g/mol. The van der Waals surface area contributed by atoms with Crippen molar-refractivity contribution in [2.24, 2.45) is 0 Å². The van der Waals surface area contributed by atoms with E-state index in [1.54, 1.807) is 42.5 Å². The van der Waals surface area contributed by atoms with Crippen LogP contribution < -0.4 is 4.31 Å². The minimum Gasteiger partial charge on any atom is -0.322 e. The number of anilines is 1. The van der Waals surface area contributed by atoms with Crippen LogP contribution in [0.15, 0.2) is 59.5 Å². The zero-order valence-electron chi connectivity index (χ0n) is 16.1. The van der Waals surface area contributed by atoms with E-state index in [0.717, 1.165) is 15.1 Å². The predicted octanol–water partition coefficient (Wildman–Crippen LogP) is 6.96. The van der Waals surface area contributed by atoms with Gasteiger partial charge >= 0.3 is 0 Å². The van der Waals surface area contributed by atoms with Gasteiger partial charge in [-0.25, -0.2) is 17.1 Å². The fourth-order valence-corrected chi connectivity index (χ4v) is 10.2. The molecule has 2 aromatic rings. The predicted molar refractivity (Wildman–Crippen MR) is 162 cm³/mol. The summed E-state index contributed by atoms with van der Waals surface area (Å²) in [6.07, 6.45) is -1.77. The fraction of sp³-hybridized carbons (Fsp3) is 0.481. The molecule has 2 aromatic carbocycles. The molecule has 216 valence electrons. The Bertz CT molecular complexity index is 1260. The van der Waals surface area contributed by atoms with Crippen LogP contribution in [0.25, 0.3) is 0 Å². The number of alkyl halides is 1. The molecule has 4 saturated heterocycles. The summed E-state index contributed by atoms with van der Waals surface area (Å²) in [6, 6.07) is 14.1. The number of benzene rings is 2. The molecular formula is C27H44FN3O4S3. The highest BCUT2D eigenvalue weighted by Crippen LogP contribution is 2.68. The number of carbonyl (C=O) groups is 2. The van der Waals surface area contributed by atoms with Crippen molar-refractivity contribution < 1.29 is 22.4 Å². The number of para-hydroxylation sites is 1. The number of amides is 2. The molecule has 4 atom stereocenters. The molecule has 7 nitrogen and oxygen atoms in total. The number of nitrogens with zero attached hydrogens (tertiary/aromatic N) is 3. The number of likely N-dealkylation sites (N-methyl/N-ethyl adjacent to an activating group) is 1. The molecule has 2 amide bonds. The summed E-state index contributed by atoms with van der Waals surface area (Å²) in [5, 5.41) is -0.813. The third-order valence-corrected chi connectivity index (χ3v) is 11.4. The molecule has 0 aromatic heterocycles. The summed E-state index contributed by atoms with van der Waals surface area (Å²) in [5.74, 6) is -0.821. The van der Waals surface area contributed by atoms with Crippen LogP contribution in [0.1, 0.15) is 64.0 Å². The van der Waals surface area contributed by atoms with Gasteiger partial charge in [-0.1, -0.05) is 110 Å². The van der Waals surface area contributed by atoms with Crippen LogP contribution in [0.2, 0.25) is 0 Å². The van der Waals surface area contributed by atoms with Gasteiger partial charge in [0.1, 0.15) is 0 Å². The van der Waals surface area contributed by atoms with E-state index in [0.29, 0.717) is 0 Å². The quantitative estimate of drug-likeness (QED) is 0.353. The Labute approximate surface area is 237 Å². The lowest BCUT2D eigenvalue weighted by Gasteiger charge is -2.53. The highest BCUT2D eigenvalue weighted by Gasteiger charge is 2.77. The third kappa shape index (κ3) is 4.21. The number of piperazine rings is 1. The van der Waals surface area contributed by atoms with Gasteiger partial charge in [0.05, 0.1) is 10.6 Å². The Hall–Kier alpha value is -2.24. The molecule has 2 bridgehead atoms. The number of hydrogen-bond acceptors (Lipinski definition) is 6. The number of sulfonamides is 1. The largest absolute Gasteiger partial charge is 0.322 e. The van der Waals surface area contributed by atoms with Gasteiger partial charge in [-0.05, 0) is 18.2 Å². The molecule has 4 fully saturated rings. The summed E-state index contributed by atoms with van der Waals surface area (Å²) in [4.78, 5) is 27.6. The number of carbonyl (C=O) groups excluding carboxylic acids is 2. The van der Waals surface area contributed by atoms with Gasteiger partial charge in [0, 0.05) is 19.0 Å². The van der Waals surface area contributed by atoms with Crippen molar-refractivity contribution in [2.75, 3.05) is 11.4 Å². The molecule has 0 radical (unpaired) electrons. The number of halogens is 1. The Morgan fingerprint density at radius 1 is 0.895 bits per heavy atom. The van der Waals surface area contributed by atoms with Crippen molar-refractivity contribution in [3.05, 3.63) is 60.2 Å². The summed E-state index contributed by atoms with van der Waals surface area (Å²) < 4.78 is 45.4. The fourth-order valence-electron chi connectivity index (χ4n) is 5.05. The van der Waals surface area contributed by atoms with Crippen LogP contribution in [-0.2, 0) is 25.3 Å². The standard InChI is InChI=1S/C20H16FN3O4S3.7CH4/c1-22-16-15(25)23-17-19(21,11-20(23,18(22)26)30-29-16)13-9-5-6-10-14(13)24(17)31(27,28)12-7-3-2-4-8-12;;;;;;;/h2-10,16-17H,11H2,1H3;7*1H4/t16-,17+,19+,20-;;;;;;;/m1......./s1. The maximum atomic E-state index is 16.9. The van der Waals surface area contributed by atoms with E-state index in [4.69, 9.17) is 0 Å². The maximum Gasteiger partial charge on any atom is 0.266 e. The Morgan fingerprint density at radius 3 is 2.05 bits per heavy atom. The van der Waals surface area contributed by atoms with Gasteiger partial charge in [0.2, 0.25) is 0 Å². The Morgan fingerprint density at radius 2 is 1.45 bits per heavy atom. The monoisotopic (exact) mass is 589 g/mol. The van der Waals surface area contributed by atoms with E-state index in [-0.39, 0.29) is 80.5 Å². The summed E-state index contributed by atoms with van der Waals surface area (Å²) in [5.41, 5.74) is -1.83. The first kappa shape index (κ1) is 37.9. The SMILES string of the molecule is C.C.C.C.C.C.C.CN1C(=O)[C@]23C[C@]4(F)c5ccccc5N(S(=O)(=O)c5ccccc5)[C@@H]4N2C(=O)[C@H]1SS3. The van der Waals surface area contributed by atoms with Crippen molar-refractivity contribution in [2.45, 2.75) is 85.4 Å². The molecule has 0 N–H and O–H groups in total. The highest BCUT2D eigenvalue weighted by molar-refractivity contribution is 8.78. The van der Waals surface area contributed by atoms with Crippen molar-refractivity contribution >= 4 is 49.1 Å². The van der Waals surface area contributed by atoms with Crippen LogP contribution in [0.4, 0.5) is 10.1 Å². The first-order valence-electron chi connectivity index (χ1n) is 9.56.